The number of carbonyl (C=O) groups excluding carboxylic acids is 1. The average molecular weight is 396 g/mol. The van der Waals surface area contributed by atoms with Crippen molar-refractivity contribution in [1.82, 2.24) is 0 Å². The van der Waals surface area contributed by atoms with Gasteiger partial charge in [-0.3, -0.25) is 4.79 Å². The van der Waals surface area contributed by atoms with Crippen molar-refractivity contribution in [3.05, 3.63) is 82.9 Å². The molecule has 0 aliphatic carbocycles. The maximum atomic E-state index is 10.7. The SMILES string of the molecule is CNc1cc(NCc2ccccc2OCc2ccccc2Cl)ccc1NC=O. The van der Waals surface area contributed by atoms with Gasteiger partial charge in [0.15, 0.2) is 0 Å². The van der Waals surface area contributed by atoms with E-state index < -0.39 is 0 Å². The molecule has 0 heterocycles. The van der Waals surface area contributed by atoms with Crippen LogP contribution in [-0.2, 0) is 17.9 Å². The predicted molar refractivity (Wildman–Crippen MR) is 115 cm³/mol. The van der Waals surface area contributed by atoms with Crippen LogP contribution in [0, 0.1) is 0 Å². The lowest BCUT2D eigenvalue weighted by Crippen LogP contribution is -2.05. The number of hydrogen-bond donors (Lipinski definition) is 3. The summed E-state index contributed by atoms with van der Waals surface area (Å²) < 4.78 is 6.00. The number of benzene rings is 3. The summed E-state index contributed by atoms with van der Waals surface area (Å²) >= 11 is 6.21. The van der Waals surface area contributed by atoms with Gasteiger partial charge in [-0.2, -0.15) is 0 Å². The molecular weight excluding hydrogens is 374 g/mol. The lowest BCUT2D eigenvalue weighted by molar-refractivity contribution is -0.105. The highest BCUT2D eigenvalue weighted by molar-refractivity contribution is 6.31. The molecule has 0 saturated heterocycles. The highest BCUT2D eigenvalue weighted by atomic mass is 35.5. The third kappa shape index (κ3) is 4.96. The van der Waals surface area contributed by atoms with Gasteiger partial charge in [-0.25, -0.2) is 0 Å². The molecule has 1 amide bonds. The number of halogens is 1. The van der Waals surface area contributed by atoms with Crippen LogP contribution in [0.1, 0.15) is 11.1 Å². The van der Waals surface area contributed by atoms with Crippen molar-refractivity contribution >= 4 is 35.1 Å². The second-order valence-electron chi connectivity index (χ2n) is 6.11. The van der Waals surface area contributed by atoms with Gasteiger partial charge in [0.2, 0.25) is 6.41 Å². The first-order valence-electron chi connectivity index (χ1n) is 8.91. The molecule has 0 bridgehead atoms. The van der Waals surface area contributed by atoms with E-state index in [1.165, 1.54) is 0 Å². The molecular formula is C22H22ClN3O2. The van der Waals surface area contributed by atoms with Gasteiger partial charge in [0.05, 0.1) is 11.4 Å². The van der Waals surface area contributed by atoms with Crippen LogP contribution in [0.3, 0.4) is 0 Å². The number of anilines is 3. The largest absolute Gasteiger partial charge is 0.488 e. The number of amides is 1. The number of ether oxygens (including phenoxy) is 1. The zero-order chi connectivity index (χ0) is 19.8. The molecule has 0 spiro atoms. The minimum atomic E-state index is 0.409. The van der Waals surface area contributed by atoms with Gasteiger partial charge < -0.3 is 20.7 Å². The molecule has 144 valence electrons. The molecule has 0 atom stereocenters. The van der Waals surface area contributed by atoms with Crippen LogP contribution in [-0.4, -0.2) is 13.5 Å². The van der Waals surface area contributed by atoms with E-state index in [4.69, 9.17) is 16.3 Å². The first-order chi connectivity index (χ1) is 13.7. The molecule has 3 aromatic carbocycles. The molecule has 0 aromatic heterocycles. The Morgan fingerprint density at radius 2 is 1.71 bits per heavy atom. The number of hydrogen-bond acceptors (Lipinski definition) is 4. The summed E-state index contributed by atoms with van der Waals surface area (Å²) in [7, 11) is 1.81. The Morgan fingerprint density at radius 1 is 0.964 bits per heavy atom. The van der Waals surface area contributed by atoms with Gasteiger partial charge in [-0.1, -0.05) is 48.0 Å². The van der Waals surface area contributed by atoms with E-state index in [0.29, 0.717) is 24.6 Å². The fourth-order valence-electron chi connectivity index (χ4n) is 2.81. The fraction of sp³-hybridized carbons (Fsp3) is 0.136. The van der Waals surface area contributed by atoms with Crippen LogP contribution in [0.4, 0.5) is 17.1 Å². The van der Waals surface area contributed by atoms with Crippen LogP contribution in [0.5, 0.6) is 5.75 Å². The molecule has 0 saturated carbocycles. The van der Waals surface area contributed by atoms with Crippen molar-refractivity contribution in [2.24, 2.45) is 0 Å². The molecule has 0 unspecified atom stereocenters. The first kappa shape index (κ1) is 19.6. The summed E-state index contributed by atoms with van der Waals surface area (Å²) in [6.07, 6.45) is 0.663. The maximum absolute atomic E-state index is 10.7. The molecule has 0 aliphatic heterocycles. The zero-order valence-electron chi connectivity index (χ0n) is 15.5. The topological polar surface area (TPSA) is 62.4 Å². The number of rotatable bonds is 9. The van der Waals surface area contributed by atoms with Crippen LogP contribution in [0.15, 0.2) is 66.7 Å². The highest BCUT2D eigenvalue weighted by Crippen LogP contribution is 2.27. The molecule has 0 fully saturated rings. The third-order valence-electron chi connectivity index (χ3n) is 4.30. The molecule has 5 nitrogen and oxygen atoms in total. The van der Waals surface area contributed by atoms with E-state index in [9.17, 15) is 4.79 Å². The van der Waals surface area contributed by atoms with Gasteiger partial charge in [-0.15, -0.1) is 0 Å². The Hall–Kier alpha value is -3.18. The van der Waals surface area contributed by atoms with E-state index in [-0.39, 0.29) is 0 Å². The molecule has 3 rings (SSSR count). The monoisotopic (exact) mass is 395 g/mol. The normalized spacial score (nSPS) is 10.2. The summed E-state index contributed by atoms with van der Waals surface area (Å²) in [6.45, 7) is 1.01. The van der Waals surface area contributed by atoms with Gasteiger partial charge in [0, 0.05) is 35.4 Å². The molecule has 3 aromatic rings. The molecule has 3 N–H and O–H groups in total. The summed E-state index contributed by atoms with van der Waals surface area (Å²) in [4.78, 5) is 10.7. The lowest BCUT2D eigenvalue weighted by Gasteiger charge is -2.15. The van der Waals surface area contributed by atoms with Crippen molar-refractivity contribution in [2.45, 2.75) is 13.2 Å². The quantitative estimate of drug-likeness (QED) is 0.439. The molecule has 6 heteroatoms. The predicted octanol–water partition coefficient (Wildman–Crippen LogP) is 5.14. The van der Waals surface area contributed by atoms with E-state index >= 15 is 0 Å². The first-order valence-corrected chi connectivity index (χ1v) is 9.29. The van der Waals surface area contributed by atoms with E-state index in [2.05, 4.69) is 16.0 Å². The van der Waals surface area contributed by atoms with Crippen molar-refractivity contribution in [1.29, 1.82) is 0 Å². The lowest BCUT2D eigenvalue weighted by atomic mass is 10.1. The van der Waals surface area contributed by atoms with Crippen LogP contribution >= 0.6 is 11.6 Å². The minimum absolute atomic E-state index is 0.409. The Morgan fingerprint density at radius 3 is 2.46 bits per heavy atom. The van der Waals surface area contributed by atoms with Gasteiger partial charge in [0.25, 0.3) is 0 Å². The van der Waals surface area contributed by atoms with Crippen molar-refractivity contribution in [2.75, 3.05) is 23.0 Å². The summed E-state index contributed by atoms with van der Waals surface area (Å²) in [5, 5.41) is 9.84. The number of nitrogens with one attached hydrogen (secondary N) is 3. The smallest absolute Gasteiger partial charge is 0.211 e. The third-order valence-corrected chi connectivity index (χ3v) is 4.67. The second-order valence-corrected chi connectivity index (χ2v) is 6.52. The maximum Gasteiger partial charge on any atom is 0.211 e. The van der Waals surface area contributed by atoms with Gasteiger partial charge in [0.1, 0.15) is 12.4 Å². The summed E-state index contributed by atoms with van der Waals surface area (Å²) in [6, 6.07) is 21.3. The number of para-hydroxylation sites is 1. The van der Waals surface area contributed by atoms with Gasteiger partial charge in [-0.05, 0) is 30.3 Å². The van der Waals surface area contributed by atoms with Crippen LogP contribution in [0.2, 0.25) is 5.02 Å². The van der Waals surface area contributed by atoms with E-state index in [0.717, 1.165) is 33.9 Å². The van der Waals surface area contributed by atoms with Gasteiger partial charge >= 0.3 is 0 Å². The van der Waals surface area contributed by atoms with E-state index in [1.54, 1.807) is 0 Å². The van der Waals surface area contributed by atoms with Crippen molar-refractivity contribution in [3.63, 3.8) is 0 Å². The Bertz CT molecular complexity index is 947. The molecule has 0 aliphatic rings. The summed E-state index contributed by atoms with van der Waals surface area (Å²) in [5.41, 5.74) is 4.48. The second kappa shape index (κ2) is 9.67. The highest BCUT2D eigenvalue weighted by Gasteiger charge is 2.07. The average Bonchev–Trinajstić information content (AvgIpc) is 2.73. The fourth-order valence-corrected chi connectivity index (χ4v) is 3.00. The van der Waals surface area contributed by atoms with Crippen molar-refractivity contribution in [3.8, 4) is 5.75 Å². The molecule has 0 radical (unpaired) electrons. The standard InChI is InChI=1S/C22H22ClN3O2/c1-24-21-12-18(10-11-20(21)26-15-27)25-13-16-6-3-5-9-22(16)28-14-17-7-2-4-8-19(17)23/h2-12,15,24-25H,13-14H2,1H3,(H,26,27). The molecule has 28 heavy (non-hydrogen) atoms. The number of carbonyl (C=O) groups is 1. The Kier molecular flexibility index (Phi) is 6.76. The Balaban J connectivity index is 1.68. The Labute approximate surface area is 169 Å². The van der Waals surface area contributed by atoms with Crippen LogP contribution < -0.4 is 20.7 Å². The minimum Gasteiger partial charge on any atom is -0.488 e. The van der Waals surface area contributed by atoms with E-state index in [1.807, 2.05) is 73.8 Å². The van der Waals surface area contributed by atoms with Crippen molar-refractivity contribution < 1.29 is 9.53 Å². The summed E-state index contributed by atoms with van der Waals surface area (Å²) in [5.74, 6) is 0.808. The van der Waals surface area contributed by atoms with Crippen LogP contribution in [0.25, 0.3) is 0 Å². The zero-order valence-corrected chi connectivity index (χ0v) is 16.3.